The Kier molecular flexibility index (Phi) is 18.3. The number of carbonyl (C=O) groups is 2. The standard InChI is InChI=1S/C15H13Cl2N3O2.C14H20ClNO2.C5H12NO4P/c1-2-7-22-13-9-12(10(16)8-11(13)17)20-15(21)19-6-4-3-5-14(19)18-20;1-4-11-7-6-8-12(5-2)14(11)16(10-18-3)13(17)9-15;1-11(9,10)3-2-4(6)5(7)8/h1,8-9H,3-7H2;6-8H,4-5,9-10H2,1-3H3;4H,2-3,6H2,1H3,(H,7,8)(H,9,10). The molecule has 4 rings (SSSR count). The van der Waals surface area contributed by atoms with Crippen molar-refractivity contribution in [2.75, 3.05) is 44.1 Å². The molecule has 4 N–H and O–H groups in total. The topological polar surface area (TPSA) is 179 Å². The number of halogens is 3. The number of carboxylic acids is 1. The van der Waals surface area contributed by atoms with E-state index in [1.165, 1.54) is 17.4 Å². The van der Waals surface area contributed by atoms with Crippen molar-refractivity contribution in [2.24, 2.45) is 5.73 Å². The molecule has 280 valence electrons. The van der Waals surface area contributed by atoms with Crippen LogP contribution in [0.15, 0.2) is 35.1 Å². The van der Waals surface area contributed by atoms with Gasteiger partial charge in [0.2, 0.25) is 5.91 Å². The maximum Gasteiger partial charge on any atom is 0.350 e. The summed E-state index contributed by atoms with van der Waals surface area (Å²) in [5.74, 6) is 2.20. The summed E-state index contributed by atoms with van der Waals surface area (Å²) in [4.78, 5) is 44.9. The van der Waals surface area contributed by atoms with Gasteiger partial charge in [0.1, 0.15) is 36.8 Å². The Balaban J connectivity index is 0.000000281. The molecule has 2 unspecified atom stereocenters. The van der Waals surface area contributed by atoms with Crippen LogP contribution < -0.4 is 21.1 Å². The molecule has 17 heteroatoms. The number of methoxy groups -OCH3 is 1. The number of anilines is 1. The maximum atomic E-state index is 12.5. The lowest BCUT2D eigenvalue weighted by Crippen LogP contribution is -2.35. The van der Waals surface area contributed by atoms with Gasteiger partial charge in [-0.15, -0.1) is 23.1 Å². The molecule has 1 aliphatic heterocycles. The Bertz CT molecular complexity index is 1760. The zero-order chi connectivity index (χ0) is 38.3. The number of aromatic nitrogens is 3. The molecule has 1 amide bonds. The van der Waals surface area contributed by atoms with Crippen LogP contribution in [0.5, 0.6) is 5.75 Å². The molecule has 1 aromatic heterocycles. The van der Waals surface area contributed by atoms with Crippen LogP contribution in [0.3, 0.4) is 0 Å². The highest BCUT2D eigenvalue weighted by molar-refractivity contribution is 7.57. The Morgan fingerprint density at radius 2 is 1.82 bits per heavy atom. The predicted octanol–water partition coefficient (Wildman–Crippen LogP) is 5.36. The lowest BCUT2D eigenvalue weighted by atomic mass is 10.0. The van der Waals surface area contributed by atoms with Crippen LogP contribution in [0.4, 0.5) is 5.69 Å². The first-order valence-corrected chi connectivity index (χ1v) is 19.7. The van der Waals surface area contributed by atoms with Crippen molar-refractivity contribution in [3.05, 3.63) is 67.8 Å². The lowest BCUT2D eigenvalue weighted by Gasteiger charge is -2.26. The second-order valence-corrected chi connectivity index (χ2v) is 15.1. The van der Waals surface area contributed by atoms with Crippen molar-refractivity contribution < 1.29 is 33.6 Å². The minimum absolute atomic E-state index is 0.0371. The van der Waals surface area contributed by atoms with Gasteiger partial charge in [-0.05, 0) is 49.3 Å². The molecule has 3 aromatic rings. The van der Waals surface area contributed by atoms with Crippen molar-refractivity contribution in [2.45, 2.75) is 65.0 Å². The number of hydrogen-bond donors (Lipinski definition) is 3. The average Bonchev–Trinajstić information content (AvgIpc) is 3.44. The van der Waals surface area contributed by atoms with Crippen LogP contribution >= 0.6 is 42.2 Å². The number of carbonyl (C=O) groups excluding carboxylic acids is 1. The fourth-order valence-electron chi connectivity index (χ4n) is 4.99. The quantitative estimate of drug-likeness (QED) is 0.0884. The monoisotopic (exact) mass is 787 g/mol. The normalized spacial score (nSPS) is 13.6. The van der Waals surface area contributed by atoms with Gasteiger partial charge in [0.25, 0.3) is 0 Å². The van der Waals surface area contributed by atoms with Crippen molar-refractivity contribution in [1.82, 2.24) is 14.3 Å². The predicted molar refractivity (Wildman–Crippen MR) is 201 cm³/mol. The fraction of sp³-hybridized carbons (Fsp3) is 0.471. The summed E-state index contributed by atoms with van der Waals surface area (Å²) in [5.41, 5.74) is 8.56. The van der Waals surface area contributed by atoms with Crippen LogP contribution in [0, 0.1) is 12.3 Å². The van der Waals surface area contributed by atoms with Gasteiger partial charge < -0.3 is 25.2 Å². The molecule has 1 aliphatic rings. The van der Waals surface area contributed by atoms with Gasteiger partial charge in [-0.3, -0.25) is 23.6 Å². The molecule has 2 atom stereocenters. The third-order valence-corrected chi connectivity index (χ3v) is 9.51. The van der Waals surface area contributed by atoms with Gasteiger partial charge in [0.15, 0.2) is 7.37 Å². The second kappa shape index (κ2) is 21.2. The van der Waals surface area contributed by atoms with E-state index < -0.39 is 19.4 Å². The van der Waals surface area contributed by atoms with E-state index in [1.54, 1.807) is 22.6 Å². The number of benzene rings is 2. The fourth-order valence-corrected chi connectivity index (χ4v) is 6.41. The minimum atomic E-state index is -3.10. The molecule has 51 heavy (non-hydrogen) atoms. The summed E-state index contributed by atoms with van der Waals surface area (Å²) in [6.45, 7) is 6.33. The highest BCUT2D eigenvalue weighted by atomic mass is 35.5. The number of amides is 1. The zero-order valence-electron chi connectivity index (χ0n) is 29.1. The molecule has 2 aromatic carbocycles. The molecule has 0 fully saturated rings. The van der Waals surface area contributed by atoms with Crippen LogP contribution in [-0.4, -0.2) is 81.4 Å². The third kappa shape index (κ3) is 13.0. The van der Waals surface area contributed by atoms with Gasteiger partial charge in [-0.2, -0.15) is 4.68 Å². The highest BCUT2D eigenvalue weighted by Gasteiger charge is 2.22. The van der Waals surface area contributed by atoms with E-state index in [2.05, 4.69) is 24.9 Å². The number of nitrogens with two attached hydrogens (primary N) is 1. The number of fused-ring (bicyclic) bond motifs is 1. The molecule has 0 radical (unpaired) electrons. The third-order valence-electron chi connectivity index (χ3n) is 7.59. The van der Waals surface area contributed by atoms with E-state index in [4.69, 9.17) is 66.4 Å². The number of aliphatic carboxylic acids is 1. The summed E-state index contributed by atoms with van der Waals surface area (Å²) in [5, 5.41) is 13.3. The van der Waals surface area contributed by atoms with Crippen LogP contribution in [0.1, 0.15) is 50.1 Å². The molecule has 0 saturated heterocycles. The van der Waals surface area contributed by atoms with Crippen LogP contribution in [0.25, 0.3) is 5.69 Å². The van der Waals surface area contributed by atoms with E-state index in [1.807, 2.05) is 18.2 Å². The molecule has 2 heterocycles. The molecule has 0 aliphatic carbocycles. The average molecular weight is 789 g/mol. The van der Waals surface area contributed by atoms with E-state index in [0.29, 0.717) is 28.0 Å². The number of aryl methyl sites for hydroxylation is 3. The van der Waals surface area contributed by atoms with Gasteiger partial charge in [-0.25, -0.2) is 4.79 Å². The number of alkyl halides is 1. The first-order valence-electron chi connectivity index (χ1n) is 16.1. The van der Waals surface area contributed by atoms with Crippen molar-refractivity contribution in [1.29, 1.82) is 0 Å². The summed E-state index contributed by atoms with van der Waals surface area (Å²) < 4.78 is 24.1. The van der Waals surface area contributed by atoms with Gasteiger partial charge in [-0.1, -0.05) is 61.2 Å². The number of terminal acetylenes is 1. The number of rotatable bonds is 13. The Hall–Kier alpha value is -3.34. The van der Waals surface area contributed by atoms with E-state index >= 15 is 0 Å². The van der Waals surface area contributed by atoms with Crippen molar-refractivity contribution in [3.8, 4) is 23.8 Å². The molecular weight excluding hydrogens is 744 g/mol. The summed E-state index contributed by atoms with van der Waals surface area (Å²) in [7, 11) is -1.52. The summed E-state index contributed by atoms with van der Waals surface area (Å²) in [6.07, 6.45) is 9.72. The number of nitrogens with zero attached hydrogens (tertiary/aromatic N) is 4. The molecule has 0 spiro atoms. The van der Waals surface area contributed by atoms with E-state index in [-0.39, 0.29) is 43.4 Å². The first-order chi connectivity index (χ1) is 24.1. The minimum Gasteiger partial charge on any atom is -0.480 e. The number of ether oxygens (including phenoxy) is 2. The zero-order valence-corrected chi connectivity index (χ0v) is 32.3. The van der Waals surface area contributed by atoms with Gasteiger partial charge in [0.05, 0.1) is 21.4 Å². The maximum absolute atomic E-state index is 12.5. The second-order valence-electron chi connectivity index (χ2n) is 11.5. The number of hydrogen-bond acceptors (Lipinski definition) is 8. The number of para-hydroxylation sites is 1. The number of carboxylic acid groups (broad SMARTS) is 1. The highest BCUT2D eigenvalue weighted by Crippen LogP contribution is 2.36. The van der Waals surface area contributed by atoms with Gasteiger partial charge >= 0.3 is 11.7 Å². The smallest absolute Gasteiger partial charge is 0.350 e. The SMILES string of the molecule is C#CCOc1cc(-n2nc3n(c2=O)CCCC3)c(Cl)cc1Cl.CCc1cccc(CC)c1N(COC)C(=O)CCl.CP(=O)(O)CCC(N)C(=O)O. The largest absolute Gasteiger partial charge is 0.480 e. The van der Waals surface area contributed by atoms with Crippen molar-refractivity contribution >= 4 is 59.7 Å². The summed E-state index contributed by atoms with van der Waals surface area (Å²) in [6, 6.07) is 8.18. The van der Waals surface area contributed by atoms with E-state index in [0.717, 1.165) is 54.7 Å². The Morgan fingerprint density at radius 1 is 1.18 bits per heavy atom. The molecular formula is C34H45Cl3N5O8P. The van der Waals surface area contributed by atoms with Crippen LogP contribution in [0.2, 0.25) is 10.0 Å². The first kappa shape index (κ1) is 43.8. The molecule has 0 bridgehead atoms. The lowest BCUT2D eigenvalue weighted by molar-refractivity contribution is -0.138. The van der Waals surface area contributed by atoms with Crippen molar-refractivity contribution in [3.63, 3.8) is 0 Å². The van der Waals surface area contributed by atoms with Crippen LogP contribution in [-0.2, 0) is 44.7 Å². The summed E-state index contributed by atoms with van der Waals surface area (Å²) >= 11 is 18.0. The van der Waals surface area contributed by atoms with Gasteiger partial charge in [0, 0.05) is 39.0 Å². The molecule has 13 nitrogen and oxygen atoms in total. The Morgan fingerprint density at radius 3 is 2.33 bits per heavy atom. The Labute approximate surface area is 313 Å². The van der Waals surface area contributed by atoms with E-state index in [9.17, 15) is 18.9 Å². The molecule has 0 saturated carbocycles.